The fourth-order valence-electron chi connectivity index (χ4n) is 2.32. The van der Waals surface area contributed by atoms with E-state index in [1.165, 1.54) is 14.2 Å². The number of amides is 1. The van der Waals surface area contributed by atoms with E-state index in [1.54, 1.807) is 27.7 Å². The van der Waals surface area contributed by atoms with Crippen molar-refractivity contribution < 1.29 is 49.3 Å². The highest BCUT2D eigenvalue weighted by Crippen LogP contribution is 2.15. The number of alkyl carbamates (subject to hydrolysis) is 1. The first-order valence-electron chi connectivity index (χ1n) is 10.5. The standard InChI is InChI=1S/C17H31NO6.C4H9NO3/c1-12(14(20)10-13(11-19)15(21)23-5)8-6-7-9-18-16(22)24-17(2,3)4;1-8-4(7)3(5)2-6/h12-13,19H,6-11H2,1-5H3,(H,18,22);3,6H,2,5H2,1H3/p+1. The number of ketones is 1. The summed E-state index contributed by atoms with van der Waals surface area (Å²) in [7, 11) is 2.49. The molecule has 3 atom stereocenters. The lowest BCUT2D eigenvalue weighted by Crippen LogP contribution is -2.67. The molecule has 1 amide bonds. The molecule has 0 saturated carbocycles. The monoisotopic (exact) mass is 465 g/mol. The third kappa shape index (κ3) is 16.5. The number of rotatable bonds is 12. The average molecular weight is 466 g/mol. The molecule has 0 spiro atoms. The molecular formula is C21H41N2O9+. The second-order valence-electron chi connectivity index (χ2n) is 8.30. The first kappa shape index (κ1) is 31.9. The summed E-state index contributed by atoms with van der Waals surface area (Å²) in [5.41, 5.74) is 2.78. The highest BCUT2D eigenvalue weighted by molar-refractivity contribution is 5.85. The van der Waals surface area contributed by atoms with Crippen LogP contribution in [-0.2, 0) is 28.6 Å². The van der Waals surface area contributed by atoms with Gasteiger partial charge in [0.05, 0.1) is 26.7 Å². The molecule has 0 heterocycles. The maximum atomic E-state index is 12.1. The minimum absolute atomic E-state index is 0.0134. The van der Waals surface area contributed by atoms with E-state index in [2.05, 4.69) is 20.5 Å². The molecule has 0 saturated heterocycles. The molecule has 0 radical (unpaired) electrons. The van der Waals surface area contributed by atoms with Crippen molar-refractivity contribution in [1.29, 1.82) is 0 Å². The second kappa shape index (κ2) is 17.3. The summed E-state index contributed by atoms with van der Waals surface area (Å²) >= 11 is 0. The Morgan fingerprint density at radius 3 is 1.94 bits per heavy atom. The van der Waals surface area contributed by atoms with Gasteiger partial charge < -0.3 is 35.5 Å². The van der Waals surface area contributed by atoms with E-state index in [0.717, 1.165) is 12.8 Å². The van der Waals surface area contributed by atoms with Gasteiger partial charge in [-0.15, -0.1) is 0 Å². The Balaban J connectivity index is 0. The minimum atomic E-state index is -0.793. The van der Waals surface area contributed by atoms with Gasteiger partial charge in [0.15, 0.2) is 0 Å². The summed E-state index contributed by atoms with van der Waals surface area (Å²) in [5.74, 6) is -2.12. The van der Waals surface area contributed by atoms with Crippen molar-refractivity contribution in [3.8, 4) is 0 Å². The van der Waals surface area contributed by atoms with Crippen molar-refractivity contribution in [2.75, 3.05) is 34.0 Å². The van der Waals surface area contributed by atoms with Gasteiger partial charge in [-0.2, -0.15) is 0 Å². The van der Waals surface area contributed by atoms with E-state index in [9.17, 15) is 19.2 Å². The minimum Gasteiger partial charge on any atom is -0.469 e. The molecule has 6 N–H and O–H groups in total. The lowest BCUT2D eigenvalue weighted by atomic mass is 9.92. The van der Waals surface area contributed by atoms with Gasteiger partial charge >= 0.3 is 18.0 Å². The zero-order chi connectivity index (χ0) is 25.3. The summed E-state index contributed by atoms with van der Waals surface area (Å²) in [6.07, 6.45) is 1.70. The van der Waals surface area contributed by atoms with Crippen LogP contribution < -0.4 is 11.1 Å². The zero-order valence-electron chi connectivity index (χ0n) is 20.1. The number of hydrogen-bond donors (Lipinski definition) is 4. The molecule has 0 aromatic carbocycles. The molecule has 0 aromatic rings. The summed E-state index contributed by atoms with van der Waals surface area (Å²) < 4.78 is 13.9. The number of aliphatic hydroxyl groups is 2. The number of esters is 2. The molecule has 32 heavy (non-hydrogen) atoms. The van der Waals surface area contributed by atoms with Crippen LogP contribution in [-0.4, -0.2) is 79.6 Å². The van der Waals surface area contributed by atoms with Crippen LogP contribution in [0, 0.1) is 11.8 Å². The van der Waals surface area contributed by atoms with Crippen LogP contribution in [0.1, 0.15) is 53.4 Å². The lowest BCUT2D eigenvalue weighted by molar-refractivity contribution is -0.413. The fourth-order valence-corrected chi connectivity index (χ4v) is 2.32. The smallest absolute Gasteiger partial charge is 0.407 e. The van der Waals surface area contributed by atoms with Gasteiger partial charge in [-0.25, -0.2) is 9.59 Å². The number of quaternary nitrogens is 1. The molecule has 0 aliphatic carbocycles. The molecule has 0 bridgehead atoms. The number of carbonyl (C=O) groups excluding carboxylic acids is 4. The molecule has 3 unspecified atom stereocenters. The van der Waals surface area contributed by atoms with Gasteiger partial charge in [-0.3, -0.25) is 9.59 Å². The van der Waals surface area contributed by atoms with Crippen molar-refractivity contribution in [1.82, 2.24) is 5.32 Å². The molecule has 0 aliphatic rings. The number of nitrogens with one attached hydrogen (secondary N) is 1. The van der Waals surface area contributed by atoms with Crippen LogP contribution in [0.3, 0.4) is 0 Å². The number of aliphatic hydroxyl groups excluding tert-OH is 2. The number of hydrogen-bond acceptors (Lipinski definition) is 9. The molecule has 11 heteroatoms. The normalized spacial score (nSPS) is 13.5. The maximum Gasteiger partial charge on any atom is 0.407 e. The third-order valence-corrected chi connectivity index (χ3v) is 4.24. The van der Waals surface area contributed by atoms with Crippen molar-refractivity contribution in [2.24, 2.45) is 11.8 Å². The predicted molar refractivity (Wildman–Crippen MR) is 115 cm³/mol. The molecule has 0 aliphatic heterocycles. The number of carbonyl (C=O) groups is 4. The first-order valence-corrected chi connectivity index (χ1v) is 10.5. The SMILES string of the molecule is COC(=O)C(CO)CC(=O)C(C)CCCCNC(=O)OC(C)(C)C.COC(=O)C([NH3+])CO. The van der Waals surface area contributed by atoms with Crippen LogP contribution in [0.2, 0.25) is 0 Å². The Bertz CT molecular complexity index is 576. The molecule has 0 rings (SSSR count). The molecule has 188 valence electrons. The van der Waals surface area contributed by atoms with E-state index >= 15 is 0 Å². The van der Waals surface area contributed by atoms with Crippen molar-refractivity contribution in [2.45, 2.75) is 65.0 Å². The largest absolute Gasteiger partial charge is 0.469 e. The molecule has 0 aromatic heterocycles. The zero-order valence-corrected chi connectivity index (χ0v) is 20.1. The number of unbranched alkanes of at least 4 members (excludes halogenated alkanes) is 1. The Kier molecular flexibility index (Phi) is 17.3. The summed E-state index contributed by atoms with van der Waals surface area (Å²) in [6.45, 7) is 7.03. The van der Waals surface area contributed by atoms with E-state index < -0.39 is 42.2 Å². The van der Waals surface area contributed by atoms with Crippen molar-refractivity contribution >= 4 is 23.8 Å². The van der Waals surface area contributed by atoms with Gasteiger partial charge in [0.1, 0.15) is 18.0 Å². The number of methoxy groups -OCH3 is 2. The van der Waals surface area contributed by atoms with Crippen molar-refractivity contribution in [3.63, 3.8) is 0 Å². The molecule has 0 fully saturated rings. The summed E-state index contributed by atoms with van der Waals surface area (Å²) in [6, 6.07) is -0.639. The highest BCUT2D eigenvalue weighted by atomic mass is 16.6. The maximum absolute atomic E-state index is 12.1. The third-order valence-electron chi connectivity index (χ3n) is 4.24. The topological polar surface area (TPSA) is 176 Å². The summed E-state index contributed by atoms with van der Waals surface area (Å²) in [5, 5.41) is 20.1. The number of ether oxygens (including phenoxy) is 3. The predicted octanol–water partition coefficient (Wildman–Crippen LogP) is -0.180. The van der Waals surface area contributed by atoms with E-state index in [0.29, 0.717) is 13.0 Å². The average Bonchev–Trinajstić information content (AvgIpc) is 2.74. The number of Topliss-reactive ketones (excluding diaryl/α,β-unsaturated/α-hetero) is 1. The van der Waals surface area contributed by atoms with Crippen LogP contribution in [0.15, 0.2) is 0 Å². The molecular weight excluding hydrogens is 424 g/mol. The summed E-state index contributed by atoms with van der Waals surface area (Å²) in [4.78, 5) is 45.2. The van der Waals surface area contributed by atoms with Crippen LogP contribution in [0.5, 0.6) is 0 Å². The van der Waals surface area contributed by atoms with Crippen molar-refractivity contribution in [3.05, 3.63) is 0 Å². The van der Waals surface area contributed by atoms with Gasteiger partial charge in [0, 0.05) is 18.9 Å². The Morgan fingerprint density at radius 1 is 0.969 bits per heavy atom. The van der Waals surface area contributed by atoms with Crippen LogP contribution >= 0.6 is 0 Å². The Labute approximate surface area is 190 Å². The second-order valence-corrected chi connectivity index (χ2v) is 8.30. The lowest BCUT2D eigenvalue weighted by Gasteiger charge is -2.19. The van der Waals surface area contributed by atoms with Gasteiger partial charge in [0.25, 0.3) is 0 Å². The quantitative estimate of drug-likeness (QED) is 0.173. The highest BCUT2D eigenvalue weighted by Gasteiger charge is 2.24. The van der Waals surface area contributed by atoms with E-state index in [-0.39, 0.29) is 24.7 Å². The van der Waals surface area contributed by atoms with Crippen LogP contribution in [0.4, 0.5) is 4.79 Å². The van der Waals surface area contributed by atoms with Gasteiger partial charge in [-0.1, -0.05) is 13.3 Å². The van der Waals surface area contributed by atoms with Gasteiger partial charge in [0.2, 0.25) is 6.04 Å². The Morgan fingerprint density at radius 2 is 1.53 bits per heavy atom. The fraction of sp³-hybridized carbons (Fsp3) is 0.810. The van der Waals surface area contributed by atoms with E-state index in [4.69, 9.17) is 14.9 Å². The molecule has 11 nitrogen and oxygen atoms in total. The Hall–Kier alpha value is -2.24. The van der Waals surface area contributed by atoms with Gasteiger partial charge in [-0.05, 0) is 33.6 Å². The van der Waals surface area contributed by atoms with Crippen LogP contribution in [0.25, 0.3) is 0 Å². The first-order chi connectivity index (χ1) is 14.8. The van der Waals surface area contributed by atoms with E-state index in [1.807, 2.05) is 0 Å².